The van der Waals surface area contributed by atoms with Gasteiger partial charge in [-0.25, -0.2) is 0 Å². The molecule has 0 saturated carbocycles. The largest absolute Gasteiger partial charge is 0.494 e. The lowest BCUT2D eigenvalue weighted by Crippen LogP contribution is -2.38. The summed E-state index contributed by atoms with van der Waals surface area (Å²) in [7, 11) is 0. The zero-order valence-electron chi connectivity index (χ0n) is 11.9. The molecule has 0 aliphatic rings. The number of carboxylic acids is 1. The molecule has 1 amide bonds. The molecule has 110 valence electrons. The molecule has 0 aromatic heterocycles. The van der Waals surface area contributed by atoms with Crippen molar-refractivity contribution in [2.75, 3.05) is 6.61 Å². The zero-order chi connectivity index (χ0) is 15.0. The Morgan fingerprint density at radius 2 is 2.10 bits per heavy atom. The molecule has 0 spiro atoms. The van der Waals surface area contributed by atoms with Crippen LogP contribution in [0.25, 0.3) is 0 Å². The number of carbonyl (C=O) groups excluding carboxylic acids is 1. The molecule has 20 heavy (non-hydrogen) atoms. The average molecular weight is 279 g/mol. The molecular formula is C15H21NO4. The topological polar surface area (TPSA) is 75.6 Å². The highest BCUT2D eigenvalue weighted by molar-refractivity contribution is 5.96. The quantitative estimate of drug-likeness (QED) is 0.717. The maximum atomic E-state index is 11.9. The van der Waals surface area contributed by atoms with Gasteiger partial charge in [0, 0.05) is 5.56 Å². The summed E-state index contributed by atoms with van der Waals surface area (Å²) in [5.41, 5.74) is 0.395. The Kier molecular flexibility index (Phi) is 6.56. The number of nitrogens with one attached hydrogen (secondary N) is 1. The van der Waals surface area contributed by atoms with Gasteiger partial charge in [0.2, 0.25) is 0 Å². The summed E-state index contributed by atoms with van der Waals surface area (Å²) in [6.45, 7) is 4.16. The van der Waals surface area contributed by atoms with Crippen LogP contribution in [0.2, 0.25) is 0 Å². The van der Waals surface area contributed by atoms with E-state index in [0.717, 1.165) is 19.3 Å². The zero-order valence-corrected chi connectivity index (χ0v) is 11.9. The number of carboxylic acid groups (broad SMARTS) is 1. The number of rotatable bonds is 8. The number of aliphatic carboxylic acids is 1. The molecule has 5 heteroatoms. The maximum Gasteiger partial charge on any atom is 0.325 e. The predicted molar refractivity (Wildman–Crippen MR) is 76.0 cm³/mol. The lowest BCUT2D eigenvalue weighted by molar-refractivity contribution is -0.138. The second kappa shape index (κ2) is 8.19. The number of hydrogen-bond donors (Lipinski definition) is 2. The highest BCUT2D eigenvalue weighted by Gasteiger charge is 2.15. The van der Waals surface area contributed by atoms with Crippen LogP contribution in [0.5, 0.6) is 5.75 Å². The van der Waals surface area contributed by atoms with Crippen LogP contribution >= 0.6 is 0 Å². The van der Waals surface area contributed by atoms with Crippen LogP contribution in [0.1, 0.15) is 43.5 Å². The molecular weight excluding hydrogens is 258 g/mol. The molecule has 1 aromatic carbocycles. The van der Waals surface area contributed by atoms with Crippen molar-refractivity contribution in [2.45, 2.75) is 39.2 Å². The first-order valence-corrected chi connectivity index (χ1v) is 6.81. The van der Waals surface area contributed by atoms with Gasteiger partial charge in [-0.2, -0.15) is 0 Å². The summed E-state index contributed by atoms with van der Waals surface area (Å²) in [6.07, 6.45) is 3.21. The minimum Gasteiger partial charge on any atom is -0.494 e. The van der Waals surface area contributed by atoms with E-state index >= 15 is 0 Å². The second-order valence-electron chi connectivity index (χ2n) is 4.62. The Morgan fingerprint density at radius 1 is 1.35 bits per heavy atom. The predicted octanol–water partition coefficient (Wildman–Crippen LogP) is 2.46. The van der Waals surface area contributed by atoms with Crippen molar-refractivity contribution in [3.8, 4) is 5.75 Å². The van der Waals surface area contributed by atoms with Gasteiger partial charge in [-0.3, -0.25) is 9.59 Å². The van der Waals surface area contributed by atoms with E-state index in [-0.39, 0.29) is 0 Å². The number of amides is 1. The molecule has 1 unspecified atom stereocenters. The van der Waals surface area contributed by atoms with Crippen LogP contribution in [-0.4, -0.2) is 29.6 Å². The fourth-order valence-corrected chi connectivity index (χ4v) is 1.61. The Labute approximate surface area is 118 Å². The third-order valence-electron chi connectivity index (χ3n) is 2.83. The highest BCUT2D eigenvalue weighted by atomic mass is 16.5. The van der Waals surface area contributed by atoms with Gasteiger partial charge >= 0.3 is 5.97 Å². The fourth-order valence-electron chi connectivity index (χ4n) is 1.61. The van der Waals surface area contributed by atoms with Gasteiger partial charge in [0.1, 0.15) is 11.8 Å². The van der Waals surface area contributed by atoms with Crippen LogP contribution < -0.4 is 10.1 Å². The average Bonchev–Trinajstić information content (AvgIpc) is 2.43. The molecule has 5 nitrogen and oxygen atoms in total. The number of unbranched alkanes of at least 4 members (excludes halogenated alkanes) is 2. The molecule has 0 heterocycles. The van der Waals surface area contributed by atoms with Crippen molar-refractivity contribution in [3.63, 3.8) is 0 Å². The van der Waals surface area contributed by atoms with E-state index < -0.39 is 17.9 Å². The number of ether oxygens (including phenoxy) is 1. The first-order chi connectivity index (χ1) is 9.54. The van der Waals surface area contributed by atoms with Crippen molar-refractivity contribution >= 4 is 11.9 Å². The third kappa shape index (κ3) is 5.30. The summed E-state index contributed by atoms with van der Waals surface area (Å²) in [5, 5.41) is 11.2. The summed E-state index contributed by atoms with van der Waals surface area (Å²) in [4.78, 5) is 22.6. The molecule has 1 atom stereocenters. The fraction of sp³-hybridized carbons (Fsp3) is 0.467. The lowest BCUT2D eigenvalue weighted by atomic mass is 10.2. The maximum absolute atomic E-state index is 11.9. The summed E-state index contributed by atoms with van der Waals surface area (Å²) < 4.78 is 5.56. The van der Waals surface area contributed by atoms with Crippen LogP contribution in [0.4, 0.5) is 0 Å². The Balaban J connectivity index is 2.58. The number of carbonyl (C=O) groups is 2. The van der Waals surface area contributed by atoms with Crippen LogP contribution in [0.15, 0.2) is 24.3 Å². The summed E-state index contributed by atoms with van der Waals surface area (Å²) >= 11 is 0. The van der Waals surface area contributed by atoms with Crippen LogP contribution in [-0.2, 0) is 4.79 Å². The first kappa shape index (κ1) is 16.0. The van der Waals surface area contributed by atoms with Crippen molar-refractivity contribution in [2.24, 2.45) is 0 Å². The standard InChI is InChI=1S/C15H21NO4/c1-3-4-5-9-20-13-8-6-7-12(10-13)14(17)16-11(2)15(18)19/h6-8,10-11H,3-5,9H2,1-2H3,(H,16,17)(H,18,19). The van der Waals surface area contributed by atoms with E-state index in [1.807, 2.05) is 0 Å². The minimum atomic E-state index is -1.06. The van der Waals surface area contributed by atoms with E-state index in [0.29, 0.717) is 17.9 Å². The van der Waals surface area contributed by atoms with E-state index in [4.69, 9.17) is 9.84 Å². The second-order valence-corrected chi connectivity index (χ2v) is 4.62. The van der Waals surface area contributed by atoms with Gasteiger partial charge in [0.25, 0.3) is 5.91 Å². The van der Waals surface area contributed by atoms with Gasteiger partial charge in [0.15, 0.2) is 0 Å². The van der Waals surface area contributed by atoms with Crippen molar-refractivity contribution in [1.82, 2.24) is 5.32 Å². The minimum absolute atomic E-state index is 0.395. The van der Waals surface area contributed by atoms with Gasteiger partial charge in [-0.05, 0) is 31.5 Å². The monoisotopic (exact) mass is 279 g/mol. The van der Waals surface area contributed by atoms with Gasteiger partial charge in [-0.15, -0.1) is 0 Å². The van der Waals surface area contributed by atoms with Crippen molar-refractivity contribution in [1.29, 1.82) is 0 Å². The van der Waals surface area contributed by atoms with Crippen molar-refractivity contribution in [3.05, 3.63) is 29.8 Å². The summed E-state index contributed by atoms with van der Waals surface area (Å²) in [5.74, 6) is -0.860. The van der Waals surface area contributed by atoms with E-state index in [2.05, 4.69) is 12.2 Å². The smallest absolute Gasteiger partial charge is 0.325 e. The molecule has 0 aliphatic heterocycles. The molecule has 0 fully saturated rings. The highest BCUT2D eigenvalue weighted by Crippen LogP contribution is 2.14. The molecule has 1 rings (SSSR count). The van der Waals surface area contributed by atoms with E-state index in [1.165, 1.54) is 6.92 Å². The molecule has 0 bridgehead atoms. The first-order valence-electron chi connectivity index (χ1n) is 6.81. The molecule has 2 N–H and O–H groups in total. The van der Waals surface area contributed by atoms with Gasteiger partial charge in [-0.1, -0.05) is 25.8 Å². The Bertz CT molecular complexity index is 459. The lowest BCUT2D eigenvalue weighted by Gasteiger charge is -2.10. The molecule has 0 saturated heterocycles. The van der Waals surface area contributed by atoms with Crippen LogP contribution in [0, 0.1) is 0 Å². The molecule has 1 aromatic rings. The summed E-state index contributed by atoms with van der Waals surface area (Å²) in [6, 6.07) is 5.83. The van der Waals surface area contributed by atoms with Gasteiger partial charge < -0.3 is 15.2 Å². The Morgan fingerprint density at radius 3 is 2.75 bits per heavy atom. The number of hydrogen-bond acceptors (Lipinski definition) is 3. The van der Waals surface area contributed by atoms with Crippen LogP contribution in [0.3, 0.4) is 0 Å². The SMILES string of the molecule is CCCCCOc1cccc(C(=O)NC(C)C(=O)O)c1. The number of benzene rings is 1. The molecule has 0 radical (unpaired) electrons. The normalized spacial score (nSPS) is 11.7. The van der Waals surface area contributed by atoms with E-state index in [1.54, 1.807) is 24.3 Å². The molecule has 0 aliphatic carbocycles. The third-order valence-corrected chi connectivity index (χ3v) is 2.83. The Hall–Kier alpha value is -2.04. The van der Waals surface area contributed by atoms with E-state index in [9.17, 15) is 9.59 Å². The van der Waals surface area contributed by atoms with Crippen molar-refractivity contribution < 1.29 is 19.4 Å². The van der Waals surface area contributed by atoms with Gasteiger partial charge in [0.05, 0.1) is 6.61 Å².